The van der Waals surface area contributed by atoms with Crippen molar-refractivity contribution < 1.29 is 9.59 Å². The SMILES string of the molecule is CCCCC/C(=N\NC(=O)c1ccc(NC(=O)C(C)C)cc1)c1ccccc1. The van der Waals surface area contributed by atoms with E-state index in [1.54, 1.807) is 24.3 Å². The first-order valence-corrected chi connectivity index (χ1v) is 9.84. The summed E-state index contributed by atoms with van der Waals surface area (Å²) in [5, 5.41) is 7.19. The van der Waals surface area contributed by atoms with Crippen LogP contribution >= 0.6 is 0 Å². The van der Waals surface area contributed by atoms with Gasteiger partial charge in [-0.25, -0.2) is 5.43 Å². The highest BCUT2D eigenvalue weighted by Gasteiger charge is 2.10. The molecule has 28 heavy (non-hydrogen) atoms. The van der Waals surface area contributed by atoms with E-state index in [2.05, 4.69) is 22.8 Å². The molecular weight excluding hydrogens is 350 g/mol. The zero-order chi connectivity index (χ0) is 20.4. The van der Waals surface area contributed by atoms with Crippen molar-refractivity contribution in [1.29, 1.82) is 0 Å². The van der Waals surface area contributed by atoms with Gasteiger partial charge < -0.3 is 5.32 Å². The Morgan fingerprint density at radius 2 is 1.61 bits per heavy atom. The van der Waals surface area contributed by atoms with Crippen molar-refractivity contribution in [3.8, 4) is 0 Å². The van der Waals surface area contributed by atoms with Crippen LogP contribution in [0.1, 0.15) is 62.4 Å². The van der Waals surface area contributed by atoms with Gasteiger partial charge in [-0.05, 0) is 42.7 Å². The van der Waals surface area contributed by atoms with E-state index in [0.29, 0.717) is 11.3 Å². The van der Waals surface area contributed by atoms with Gasteiger partial charge in [-0.1, -0.05) is 63.9 Å². The first-order valence-electron chi connectivity index (χ1n) is 9.84. The summed E-state index contributed by atoms with van der Waals surface area (Å²) >= 11 is 0. The standard InChI is InChI=1S/C23H29N3O2/c1-4-5-7-12-21(18-10-8-6-9-11-18)25-26-23(28)19-13-15-20(16-14-19)24-22(27)17(2)3/h6,8-11,13-17H,4-5,7,12H2,1-3H3,(H,24,27)(H,26,28)/b25-21+. The van der Waals surface area contributed by atoms with Crippen molar-refractivity contribution in [1.82, 2.24) is 5.43 Å². The lowest BCUT2D eigenvalue weighted by atomic mass is 10.0. The molecule has 0 aromatic heterocycles. The summed E-state index contributed by atoms with van der Waals surface area (Å²) in [6.45, 7) is 5.83. The lowest BCUT2D eigenvalue weighted by Gasteiger charge is -2.09. The number of amides is 2. The van der Waals surface area contributed by atoms with E-state index < -0.39 is 0 Å². The first kappa shape index (κ1) is 21.4. The topological polar surface area (TPSA) is 70.6 Å². The largest absolute Gasteiger partial charge is 0.326 e. The fourth-order valence-electron chi connectivity index (χ4n) is 2.61. The maximum atomic E-state index is 12.4. The molecule has 2 rings (SSSR count). The molecule has 0 saturated heterocycles. The number of nitrogens with one attached hydrogen (secondary N) is 2. The Balaban J connectivity index is 2.05. The van der Waals surface area contributed by atoms with E-state index in [9.17, 15) is 9.59 Å². The molecule has 2 amide bonds. The Bertz CT molecular complexity index is 796. The van der Waals surface area contributed by atoms with Gasteiger partial charge in [0, 0.05) is 17.2 Å². The molecule has 0 bridgehead atoms. The van der Waals surface area contributed by atoms with Crippen LogP contribution < -0.4 is 10.7 Å². The summed E-state index contributed by atoms with van der Waals surface area (Å²) < 4.78 is 0. The lowest BCUT2D eigenvalue weighted by Crippen LogP contribution is -2.20. The third-order valence-corrected chi connectivity index (χ3v) is 4.36. The zero-order valence-electron chi connectivity index (χ0n) is 16.9. The van der Waals surface area contributed by atoms with E-state index >= 15 is 0 Å². The monoisotopic (exact) mass is 379 g/mol. The molecule has 0 unspecified atom stereocenters. The van der Waals surface area contributed by atoms with Gasteiger partial charge in [0.1, 0.15) is 0 Å². The van der Waals surface area contributed by atoms with Gasteiger partial charge in [0.15, 0.2) is 0 Å². The Kier molecular flexibility index (Phi) is 8.40. The molecule has 0 heterocycles. The van der Waals surface area contributed by atoms with Crippen LogP contribution in [0.4, 0.5) is 5.69 Å². The first-order chi connectivity index (χ1) is 13.5. The van der Waals surface area contributed by atoms with E-state index in [1.807, 2.05) is 44.2 Å². The van der Waals surface area contributed by atoms with Gasteiger partial charge >= 0.3 is 0 Å². The molecular formula is C23H29N3O2. The van der Waals surface area contributed by atoms with Gasteiger partial charge in [-0.2, -0.15) is 5.10 Å². The van der Waals surface area contributed by atoms with Crippen molar-refractivity contribution in [3.05, 3.63) is 65.7 Å². The van der Waals surface area contributed by atoms with Crippen LogP contribution in [-0.4, -0.2) is 17.5 Å². The maximum absolute atomic E-state index is 12.4. The quantitative estimate of drug-likeness (QED) is 0.366. The van der Waals surface area contributed by atoms with Crippen molar-refractivity contribution in [3.63, 3.8) is 0 Å². The molecule has 0 aliphatic carbocycles. The molecule has 0 atom stereocenters. The molecule has 5 heteroatoms. The summed E-state index contributed by atoms with van der Waals surface area (Å²) in [7, 11) is 0. The Hall–Kier alpha value is -2.95. The molecule has 0 radical (unpaired) electrons. The molecule has 2 aromatic carbocycles. The molecule has 0 spiro atoms. The predicted octanol–water partition coefficient (Wildman–Crippen LogP) is 5.00. The number of carbonyl (C=O) groups excluding carboxylic acids is 2. The highest BCUT2D eigenvalue weighted by molar-refractivity contribution is 6.02. The number of anilines is 1. The summed E-state index contributed by atoms with van der Waals surface area (Å²) in [6, 6.07) is 16.7. The Morgan fingerprint density at radius 1 is 0.929 bits per heavy atom. The number of rotatable bonds is 9. The number of carbonyl (C=O) groups is 2. The minimum atomic E-state index is -0.273. The molecule has 5 nitrogen and oxygen atoms in total. The highest BCUT2D eigenvalue weighted by atomic mass is 16.2. The third kappa shape index (κ3) is 6.65. The van der Waals surface area contributed by atoms with Crippen molar-refractivity contribution in [2.45, 2.75) is 46.5 Å². The van der Waals surface area contributed by atoms with Gasteiger partial charge in [0.2, 0.25) is 5.91 Å². The number of nitrogens with zero attached hydrogens (tertiary/aromatic N) is 1. The second kappa shape index (κ2) is 11.0. The Labute approximate surface area is 167 Å². The number of hydrogen-bond acceptors (Lipinski definition) is 3. The number of unbranched alkanes of at least 4 members (excludes halogenated alkanes) is 2. The minimum absolute atomic E-state index is 0.0543. The van der Waals surface area contributed by atoms with Gasteiger partial charge in [0.05, 0.1) is 5.71 Å². The Morgan fingerprint density at radius 3 is 2.21 bits per heavy atom. The lowest BCUT2D eigenvalue weighted by molar-refractivity contribution is -0.118. The average molecular weight is 380 g/mol. The summed E-state index contributed by atoms with van der Waals surface area (Å²) in [5.74, 6) is -0.423. The van der Waals surface area contributed by atoms with Crippen molar-refractivity contribution in [2.24, 2.45) is 11.0 Å². The average Bonchev–Trinajstić information content (AvgIpc) is 2.71. The van der Waals surface area contributed by atoms with Crippen LogP contribution in [0.3, 0.4) is 0 Å². The highest BCUT2D eigenvalue weighted by Crippen LogP contribution is 2.12. The molecule has 2 aromatic rings. The number of hydrogen-bond donors (Lipinski definition) is 2. The van der Waals surface area contributed by atoms with Crippen LogP contribution in [0, 0.1) is 5.92 Å². The molecule has 148 valence electrons. The van der Waals surface area contributed by atoms with Gasteiger partial charge in [-0.3, -0.25) is 9.59 Å². The van der Waals surface area contributed by atoms with Gasteiger partial charge in [-0.15, -0.1) is 0 Å². The third-order valence-electron chi connectivity index (χ3n) is 4.36. The van der Waals surface area contributed by atoms with Crippen LogP contribution in [-0.2, 0) is 4.79 Å². The van der Waals surface area contributed by atoms with Crippen LogP contribution in [0.5, 0.6) is 0 Å². The fraction of sp³-hybridized carbons (Fsp3) is 0.348. The van der Waals surface area contributed by atoms with Crippen molar-refractivity contribution >= 4 is 23.2 Å². The molecule has 2 N–H and O–H groups in total. The van der Waals surface area contributed by atoms with Crippen LogP contribution in [0.25, 0.3) is 0 Å². The smallest absolute Gasteiger partial charge is 0.271 e. The summed E-state index contributed by atoms with van der Waals surface area (Å²) in [4.78, 5) is 24.2. The van der Waals surface area contributed by atoms with E-state index in [0.717, 1.165) is 37.0 Å². The van der Waals surface area contributed by atoms with E-state index in [1.165, 1.54) is 0 Å². The number of hydrazone groups is 1. The number of benzene rings is 2. The second-order valence-electron chi connectivity index (χ2n) is 7.04. The predicted molar refractivity (Wildman–Crippen MR) is 114 cm³/mol. The fourth-order valence-corrected chi connectivity index (χ4v) is 2.61. The van der Waals surface area contributed by atoms with Crippen molar-refractivity contribution in [2.75, 3.05) is 5.32 Å². The minimum Gasteiger partial charge on any atom is -0.326 e. The normalized spacial score (nSPS) is 11.4. The van der Waals surface area contributed by atoms with Gasteiger partial charge in [0.25, 0.3) is 5.91 Å². The van der Waals surface area contributed by atoms with E-state index in [-0.39, 0.29) is 17.7 Å². The molecule has 0 aliphatic heterocycles. The zero-order valence-corrected chi connectivity index (χ0v) is 16.9. The summed E-state index contributed by atoms with van der Waals surface area (Å²) in [5.41, 5.74) is 5.72. The second-order valence-corrected chi connectivity index (χ2v) is 7.04. The van der Waals surface area contributed by atoms with Crippen LogP contribution in [0.2, 0.25) is 0 Å². The molecule has 0 saturated carbocycles. The summed E-state index contributed by atoms with van der Waals surface area (Å²) in [6.07, 6.45) is 4.11. The maximum Gasteiger partial charge on any atom is 0.271 e. The molecule has 0 aliphatic rings. The molecule has 0 fully saturated rings. The van der Waals surface area contributed by atoms with E-state index in [4.69, 9.17) is 0 Å². The van der Waals surface area contributed by atoms with Crippen LogP contribution in [0.15, 0.2) is 59.7 Å².